The van der Waals surface area contributed by atoms with Crippen molar-refractivity contribution in [3.63, 3.8) is 0 Å². The Kier molecular flexibility index (Phi) is 5.57. The SMILES string of the molecule is CCN(Cc1ccccc1)c1nc(C)cc(NCc2ccccn2)n1. The first kappa shape index (κ1) is 16.9. The van der Waals surface area contributed by atoms with Gasteiger partial charge in [0.05, 0.1) is 12.2 Å². The number of nitrogens with zero attached hydrogens (tertiary/aromatic N) is 4. The molecule has 0 saturated heterocycles. The number of aryl methyl sites for hydroxylation is 1. The highest BCUT2D eigenvalue weighted by Gasteiger charge is 2.10. The fourth-order valence-corrected chi connectivity index (χ4v) is 2.60. The third kappa shape index (κ3) is 4.76. The Hall–Kier alpha value is -2.95. The third-order valence-electron chi connectivity index (χ3n) is 3.90. The molecule has 0 fully saturated rings. The second kappa shape index (κ2) is 8.24. The van der Waals surface area contributed by atoms with Crippen LogP contribution in [0.25, 0.3) is 0 Å². The zero-order chi connectivity index (χ0) is 17.5. The summed E-state index contributed by atoms with van der Waals surface area (Å²) < 4.78 is 0. The largest absolute Gasteiger partial charge is 0.364 e. The summed E-state index contributed by atoms with van der Waals surface area (Å²) in [6.45, 7) is 6.39. The maximum absolute atomic E-state index is 4.69. The van der Waals surface area contributed by atoms with Crippen molar-refractivity contribution >= 4 is 11.8 Å². The molecule has 0 unspecified atom stereocenters. The highest BCUT2D eigenvalue weighted by molar-refractivity contribution is 5.44. The standard InChI is InChI=1S/C20H23N5/c1-3-25(15-17-9-5-4-6-10-17)20-23-16(2)13-19(24-20)22-14-18-11-7-8-12-21-18/h4-13H,3,14-15H2,1-2H3,(H,22,23,24). The number of pyridine rings is 1. The van der Waals surface area contributed by atoms with Gasteiger partial charge in [-0.15, -0.1) is 0 Å². The number of hydrogen-bond acceptors (Lipinski definition) is 5. The molecule has 0 bridgehead atoms. The van der Waals surface area contributed by atoms with E-state index >= 15 is 0 Å². The topological polar surface area (TPSA) is 53.9 Å². The first-order valence-corrected chi connectivity index (χ1v) is 8.53. The summed E-state index contributed by atoms with van der Waals surface area (Å²) in [5.41, 5.74) is 3.18. The van der Waals surface area contributed by atoms with Crippen molar-refractivity contribution in [2.24, 2.45) is 0 Å². The minimum absolute atomic E-state index is 0.640. The fraction of sp³-hybridized carbons (Fsp3) is 0.250. The molecule has 0 amide bonds. The van der Waals surface area contributed by atoms with E-state index < -0.39 is 0 Å². The highest BCUT2D eigenvalue weighted by atomic mass is 15.3. The molecular weight excluding hydrogens is 310 g/mol. The molecule has 5 nitrogen and oxygen atoms in total. The van der Waals surface area contributed by atoms with Crippen LogP contribution in [-0.4, -0.2) is 21.5 Å². The first-order valence-electron chi connectivity index (χ1n) is 8.53. The van der Waals surface area contributed by atoms with Crippen molar-refractivity contribution in [1.82, 2.24) is 15.0 Å². The van der Waals surface area contributed by atoms with E-state index in [9.17, 15) is 0 Å². The molecule has 5 heteroatoms. The molecule has 1 aromatic carbocycles. The van der Waals surface area contributed by atoms with E-state index in [0.29, 0.717) is 6.54 Å². The number of rotatable bonds is 7. The lowest BCUT2D eigenvalue weighted by atomic mass is 10.2. The van der Waals surface area contributed by atoms with E-state index in [0.717, 1.165) is 36.2 Å². The second-order valence-corrected chi connectivity index (χ2v) is 5.87. The summed E-state index contributed by atoms with van der Waals surface area (Å²) in [6, 6.07) is 18.2. The molecule has 0 aliphatic carbocycles. The van der Waals surface area contributed by atoms with Gasteiger partial charge in [0.15, 0.2) is 0 Å². The normalized spacial score (nSPS) is 10.5. The van der Waals surface area contributed by atoms with E-state index in [2.05, 4.69) is 51.4 Å². The number of benzene rings is 1. The van der Waals surface area contributed by atoms with Crippen LogP contribution in [0.2, 0.25) is 0 Å². The molecule has 0 atom stereocenters. The molecule has 0 spiro atoms. The smallest absolute Gasteiger partial charge is 0.227 e. The van der Waals surface area contributed by atoms with Gasteiger partial charge in [-0.05, 0) is 31.5 Å². The minimum atomic E-state index is 0.640. The van der Waals surface area contributed by atoms with Crippen molar-refractivity contribution in [2.75, 3.05) is 16.8 Å². The van der Waals surface area contributed by atoms with Gasteiger partial charge in [-0.3, -0.25) is 4.98 Å². The van der Waals surface area contributed by atoms with Crippen LogP contribution in [0.3, 0.4) is 0 Å². The van der Waals surface area contributed by atoms with Crippen LogP contribution < -0.4 is 10.2 Å². The maximum Gasteiger partial charge on any atom is 0.227 e. The summed E-state index contributed by atoms with van der Waals surface area (Å²) in [5, 5.41) is 3.34. The number of anilines is 2. The molecule has 2 heterocycles. The average Bonchev–Trinajstić information content (AvgIpc) is 2.66. The lowest BCUT2D eigenvalue weighted by Gasteiger charge is -2.22. The molecule has 1 N–H and O–H groups in total. The average molecular weight is 333 g/mol. The first-order chi connectivity index (χ1) is 12.2. The maximum atomic E-state index is 4.69. The van der Waals surface area contributed by atoms with Crippen LogP contribution in [0.5, 0.6) is 0 Å². The molecule has 25 heavy (non-hydrogen) atoms. The summed E-state index contributed by atoms with van der Waals surface area (Å²) in [7, 11) is 0. The molecule has 128 valence electrons. The van der Waals surface area contributed by atoms with E-state index in [1.807, 2.05) is 37.3 Å². The van der Waals surface area contributed by atoms with Crippen molar-refractivity contribution in [1.29, 1.82) is 0 Å². The van der Waals surface area contributed by atoms with Crippen LogP contribution in [0.1, 0.15) is 23.9 Å². The molecule has 0 saturated carbocycles. The Bertz CT molecular complexity index is 790. The third-order valence-corrected chi connectivity index (χ3v) is 3.90. The summed E-state index contributed by atoms with van der Waals surface area (Å²) >= 11 is 0. The van der Waals surface area contributed by atoms with Crippen molar-refractivity contribution in [3.8, 4) is 0 Å². The monoisotopic (exact) mass is 333 g/mol. The predicted molar refractivity (Wildman–Crippen MR) is 101 cm³/mol. The second-order valence-electron chi connectivity index (χ2n) is 5.87. The van der Waals surface area contributed by atoms with Crippen molar-refractivity contribution < 1.29 is 0 Å². The number of hydrogen-bond donors (Lipinski definition) is 1. The van der Waals surface area contributed by atoms with Crippen molar-refractivity contribution in [2.45, 2.75) is 26.9 Å². The van der Waals surface area contributed by atoms with Gasteiger partial charge in [0, 0.05) is 31.0 Å². The van der Waals surface area contributed by atoms with Gasteiger partial charge < -0.3 is 10.2 Å². The zero-order valence-electron chi connectivity index (χ0n) is 14.7. The Labute approximate surface area is 148 Å². The van der Waals surface area contributed by atoms with Crippen molar-refractivity contribution in [3.05, 3.63) is 77.7 Å². The van der Waals surface area contributed by atoms with Gasteiger partial charge in [0.2, 0.25) is 5.95 Å². The number of nitrogens with one attached hydrogen (secondary N) is 1. The number of aromatic nitrogens is 3. The van der Waals surface area contributed by atoms with Gasteiger partial charge in [-0.2, -0.15) is 4.98 Å². The van der Waals surface area contributed by atoms with E-state index in [-0.39, 0.29) is 0 Å². The quantitative estimate of drug-likeness (QED) is 0.712. The molecule has 0 radical (unpaired) electrons. The van der Waals surface area contributed by atoms with Crippen LogP contribution in [-0.2, 0) is 13.1 Å². The fourth-order valence-electron chi connectivity index (χ4n) is 2.60. The molecule has 0 aliphatic heterocycles. The zero-order valence-corrected chi connectivity index (χ0v) is 14.7. The van der Waals surface area contributed by atoms with E-state index in [1.165, 1.54) is 5.56 Å². The van der Waals surface area contributed by atoms with Gasteiger partial charge in [-0.25, -0.2) is 4.98 Å². The van der Waals surface area contributed by atoms with Crippen LogP contribution in [0.15, 0.2) is 60.8 Å². The van der Waals surface area contributed by atoms with Gasteiger partial charge in [0.25, 0.3) is 0 Å². The predicted octanol–water partition coefficient (Wildman–Crippen LogP) is 3.82. The van der Waals surface area contributed by atoms with E-state index in [4.69, 9.17) is 4.98 Å². The van der Waals surface area contributed by atoms with Gasteiger partial charge in [0.1, 0.15) is 5.82 Å². The van der Waals surface area contributed by atoms with E-state index in [1.54, 1.807) is 6.20 Å². The lowest BCUT2D eigenvalue weighted by Crippen LogP contribution is -2.25. The van der Waals surface area contributed by atoms with Crippen LogP contribution >= 0.6 is 0 Å². The Morgan fingerprint density at radius 3 is 2.52 bits per heavy atom. The lowest BCUT2D eigenvalue weighted by molar-refractivity contribution is 0.787. The molecule has 0 aliphatic rings. The molecule has 3 aromatic rings. The Morgan fingerprint density at radius 1 is 1.00 bits per heavy atom. The summed E-state index contributed by atoms with van der Waals surface area (Å²) in [4.78, 5) is 15.8. The summed E-state index contributed by atoms with van der Waals surface area (Å²) in [5.74, 6) is 1.56. The Balaban J connectivity index is 1.75. The molecular formula is C20H23N5. The van der Waals surface area contributed by atoms with Crippen LogP contribution in [0, 0.1) is 6.92 Å². The summed E-state index contributed by atoms with van der Waals surface area (Å²) in [6.07, 6.45) is 1.80. The van der Waals surface area contributed by atoms with Gasteiger partial charge in [-0.1, -0.05) is 36.4 Å². The molecule has 3 rings (SSSR count). The highest BCUT2D eigenvalue weighted by Crippen LogP contribution is 2.16. The van der Waals surface area contributed by atoms with Crippen LogP contribution in [0.4, 0.5) is 11.8 Å². The minimum Gasteiger partial charge on any atom is -0.364 e. The Morgan fingerprint density at radius 2 is 1.80 bits per heavy atom. The molecule has 2 aromatic heterocycles. The van der Waals surface area contributed by atoms with Gasteiger partial charge >= 0.3 is 0 Å².